The van der Waals surface area contributed by atoms with Crippen LogP contribution in [-0.4, -0.2) is 4.57 Å². The van der Waals surface area contributed by atoms with Crippen molar-refractivity contribution in [1.29, 1.82) is 0 Å². The van der Waals surface area contributed by atoms with E-state index in [-0.39, 0.29) is 0 Å². The molecule has 74 heavy (non-hydrogen) atoms. The van der Waals surface area contributed by atoms with Crippen LogP contribution in [0.25, 0.3) is 38.6 Å². The van der Waals surface area contributed by atoms with Crippen LogP contribution in [0.4, 0.5) is 34.1 Å². The SMILES string of the molecule is c1ccc(N(c2ccc(-n3c4ccc(N(c5ccccc5)c5ccccc5)cc4c4cc(C5(c6ccccc6)c6ccccc6-c6ccccc65)ccc43)cc2)c2ccc(C34CC5CC(CC(C5)C3)C4)cc2)cc1. The Balaban J connectivity index is 0.902. The number of nitrogens with zero attached hydrogens (tertiary/aromatic N) is 3. The van der Waals surface area contributed by atoms with Crippen molar-refractivity contribution in [1.82, 2.24) is 4.57 Å². The molecule has 10 aromatic carbocycles. The van der Waals surface area contributed by atoms with Gasteiger partial charge in [0.25, 0.3) is 0 Å². The maximum atomic E-state index is 2.51. The van der Waals surface area contributed by atoms with Gasteiger partial charge in [0.2, 0.25) is 0 Å². The van der Waals surface area contributed by atoms with Crippen LogP contribution in [0.2, 0.25) is 0 Å². The summed E-state index contributed by atoms with van der Waals surface area (Å²) in [6.07, 6.45) is 8.52. The lowest BCUT2D eigenvalue weighted by Gasteiger charge is -2.57. The molecule has 4 bridgehead atoms. The number of hydrogen-bond donors (Lipinski definition) is 0. The van der Waals surface area contributed by atoms with Gasteiger partial charge in [0.1, 0.15) is 0 Å². The molecule has 4 saturated carbocycles. The Bertz CT molecular complexity index is 3740. The van der Waals surface area contributed by atoms with E-state index < -0.39 is 5.41 Å². The van der Waals surface area contributed by atoms with E-state index in [2.05, 4.69) is 269 Å². The first-order chi connectivity index (χ1) is 36.6. The molecule has 0 N–H and O–H groups in total. The number of rotatable bonds is 10. The number of para-hydroxylation sites is 3. The average molecular weight is 952 g/mol. The van der Waals surface area contributed by atoms with Crippen LogP contribution in [0.1, 0.15) is 66.3 Å². The topological polar surface area (TPSA) is 11.4 Å². The van der Waals surface area contributed by atoms with Crippen LogP contribution in [-0.2, 0) is 10.8 Å². The Hall–Kier alpha value is -8.40. The lowest BCUT2D eigenvalue weighted by molar-refractivity contribution is -0.00518. The minimum atomic E-state index is -0.523. The Morgan fingerprint density at radius 1 is 0.324 bits per heavy atom. The first-order valence-corrected chi connectivity index (χ1v) is 26.9. The van der Waals surface area contributed by atoms with Crippen molar-refractivity contribution in [3.05, 3.63) is 283 Å². The quantitative estimate of drug-likeness (QED) is 0.135. The average Bonchev–Trinajstić information content (AvgIpc) is 3.95. The third-order valence-corrected chi connectivity index (χ3v) is 17.8. The normalized spacial score (nSPS) is 19.9. The smallest absolute Gasteiger partial charge is 0.0713 e. The molecule has 1 heterocycles. The summed E-state index contributed by atoms with van der Waals surface area (Å²) in [5.41, 5.74) is 19.4. The highest BCUT2D eigenvalue weighted by atomic mass is 15.1. The van der Waals surface area contributed by atoms with E-state index in [0.717, 1.165) is 57.4 Å². The molecule has 0 saturated heterocycles. The fraction of sp³-hybridized carbons (Fsp3) is 0.155. The van der Waals surface area contributed by atoms with Gasteiger partial charge in [-0.3, -0.25) is 0 Å². The highest BCUT2D eigenvalue weighted by Crippen LogP contribution is 2.61. The van der Waals surface area contributed by atoms with Gasteiger partial charge in [-0.1, -0.05) is 152 Å². The summed E-state index contributed by atoms with van der Waals surface area (Å²) in [6.45, 7) is 0. The van der Waals surface area contributed by atoms with Crippen LogP contribution in [0, 0.1) is 17.8 Å². The molecule has 16 rings (SSSR count). The van der Waals surface area contributed by atoms with Gasteiger partial charge in [-0.15, -0.1) is 0 Å². The van der Waals surface area contributed by atoms with Crippen molar-refractivity contribution in [2.24, 2.45) is 17.8 Å². The summed E-state index contributed by atoms with van der Waals surface area (Å²) in [7, 11) is 0. The van der Waals surface area contributed by atoms with E-state index in [0.29, 0.717) is 5.41 Å². The van der Waals surface area contributed by atoms with Gasteiger partial charge in [-0.05, 0) is 204 Å². The van der Waals surface area contributed by atoms with Crippen LogP contribution < -0.4 is 9.80 Å². The summed E-state index contributed by atoms with van der Waals surface area (Å²) < 4.78 is 2.48. The van der Waals surface area contributed by atoms with Crippen molar-refractivity contribution in [3.8, 4) is 16.8 Å². The van der Waals surface area contributed by atoms with Crippen molar-refractivity contribution in [2.45, 2.75) is 49.4 Å². The molecule has 3 nitrogen and oxygen atoms in total. The number of anilines is 6. The largest absolute Gasteiger partial charge is 0.311 e. The third kappa shape index (κ3) is 6.72. The Labute approximate surface area is 434 Å². The molecule has 5 aliphatic rings. The van der Waals surface area contributed by atoms with Gasteiger partial charge in [0, 0.05) is 50.6 Å². The molecular weight excluding hydrogens is 895 g/mol. The summed E-state index contributed by atoms with van der Waals surface area (Å²) in [4.78, 5) is 4.81. The summed E-state index contributed by atoms with van der Waals surface area (Å²) in [5.74, 6) is 2.76. The molecule has 0 amide bonds. The van der Waals surface area contributed by atoms with Crippen molar-refractivity contribution >= 4 is 55.9 Å². The zero-order valence-electron chi connectivity index (χ0n) is 41.6. The molecule has 1 aromatic heterocycles. The Morgan fingerprint density at radius 2 is 0.716 bits per heavy atom. The number of fused-ring (bicyclic) bond motifs is 6. The van der Waals surface area contributed by atoms with Crippen LogP contribution in [0.5, 0.6) is 0 Å². The summed E-state index contributed by atoms with van der Waals surface area (Å²) in [5, 5.41) is 2.42. The molecule has 5 aliphatic carbocycles. The van der Waals surface area contributed by atoms with Gasteiger partial charge in [-0.2, -0.15) is 0 Å². The monoisotopic (exact) mass is 951 g/mol. The molecule has 356 valence electrons. The first-order valence-electron chi connectivity index (χ1n) is 26.9. The lowest BCUT2D eigenvalue weighted by atomic mass is 9.48. The van der Waals surface area contributed by atoms with Crippen LogP contribution in [0.3, 0.4) is 0 Å². The molecule has 0 aliphatic heterocycles. The molecular formula is C71H57N3. The predicted molar refractivity (Wildman–Crippen MR) is 307 cm³/mol. The van der Waals surface area contributed by atoms with Crippen molar-refractivity contribution < 1.29 is 0 Å². The van der Waals surface area contributed by atoms with Crippen molar-refractivity contribution in [3.63, 3.8) is 0 Å². The Morgan fingerprint density at radius 3 is 1.24 bits per heavy atom. The molecule has 0 radical (unpaired) electrons. The third-order valence-electron chi connectivity index (χ3n) is 17.8. The second-order valence-corrected chi connectivity index (χ2v) is 21.9. The van der Waals surface area contributed by atoms with Crippen LogP contribution in [0.15, 0.2) is 255 Å². The van der Waals surface area contributed by atoms with Crippen LogP contribution >= 0.6 is 0 Å². The predicted octanol–water partition coefficient (Wildman–Crippen LogP) is 18.6. The summed E-state index contributed by atoms with van der Waals surface area (Å²) in [6, 6.07) is 95.1. The number of benzene rings is 10. The molecule has 0 spiro atoms. The molecule has 0 unspecified atom stereocenters. The van der Waals surface area contributed by atoms with E-state index >= 15 is 0 Å². The molecule has 11 aromatic rings. The van der Waals surface area contributed by atoms with E-state index in [4.69, 9.17) is 0 Å². The first kappa shape index (κ1) is 43.2. The second-order valence-electron chi connectivity index (χ2n) is 21.9. The number of aromatic nitrogens is 1. The minimum Gasteiger partial charge on any atom is -0.311 e. The molecule has 4 fully saturated rings. The Kier molecular flexibility index (Phi) is 9.99. The van der Waals surface area contributed by atoms with Gasteiger partial charge >= 0.3 is 0 Å². The fourth-order valence-corrected chi connectivity index (χ4v) is 15.2. The van der Waals surface area contributed by atoms with Gasteiger partial charge < -0.3 is 14.4 Å². The standard InChI is InChI=1S/C71H57N3/c1-5-17-53(18-6-1)71(66-27-15-13-25-62(66)63-26-14-16-28-67(63)71)54-31-39-68-64(44-54)65-45-61(73(56-21-9-3-10-22-56)57-23-11-4-12-24-57)38-40-69(65)74(68)60-36-34-59(35-37-60)72(55-19-7-2-8-20-55)58-32-29-52(30-33-58)70-46-49-41-50(47-70)43-51(42-49)48-70/h1-40,44-45,49-51H,41-43,46-48H2. The molecule has 0 atom stereocenters. The number of hydrogen-bond acceptors (Lipinski definition) is 2. The van der Waals surface area contributed by atoms with E-state index in [9.17, 15) is 0 Å². The highest BCUT2D eigenvalue weighted by molar-refractivity contribution is 6.11. The lowest BCUT2D eigenvalue weighted by Crippen LogP contribution is -2.48. The fourth-order valence-electron chi connectivity index (χ4n) is 15.2. The highest BCUT2D eigenvalue weighted by Gasteiger charge is 2.51. The van der Waals surface area contributed by atoms with Gasteiger partial charge in [0.15, 0.2) is 0 Å². The van der Waals surface area contributed by atoms with E-state index in [1.165, 1.54) is 93.9 Å². The van der Waals surface area contributed by atoms with Gasteiger partial charge in [0.05, 0.1) is 16.4 Å². The summed E-state index contributed by atoms with van der Waals surface area (Å²) >= 11 is 0. The van der Waals surface area contributed by atoms with Crippen molar-refractivity contribution in [2.75, 3.05) is 9.80 Å². The van der Waals surface area contributed by atoms with Gasteiger partial charge in [-0.25, -0.2) is 0 Å². The zero-order chi connectivity index (χ0) is 48.8. The minimum absolute atomic E-state index is 0.367. The maximum Gasteiger partial charge on any atom is 0.0713 e. The van der Waals surface area contributed by atoms with E-state index in [1.54, 1.807) is 5.56 Å². The second kappa shape index (κ2) is 17.1. The molecule has 3 heteroatoms. The maximum absolute atomic E-state index is 2.51. The zero-order valence-corrected chi connectivity index (χ0v) is 41.6. The van der Waals surface area contributed by atoms with E-state index in [1.807, 2.05) is 0 Å².